The van der Waals surface area contributed by atoms with Gasteiger partial charge in [0.2, 0.25) is 0 Å². The van der Waals surface area contributed by atoms with E-state index in [-0.39, 0.29) is 0 Å². The van der Waals surface area contributed by atoms with Gasteiger partial charge in [-0.2, -0.15) is 0 Å². The van der Waals surface area contributed by atoms with Crippen LogP contribution in [0.5, 0.6) is 0 Å². The zero-order chi connectivity index (χ0) is 12.5. The molecule has 3 aromatic rings. The molecule has 0 radical (unpaired) electrons. The van der Waals surface area contributed by atoms with E-state index in [0.717, 1.165) is 10.6 Å². The first-order chi connectivity index (χ1) is 8.74. The predicted octanol–water partition coefficient (Wildman–Crippen LogP) is 5.47. The lowest BCUT2D eigenvalue weighted by Gasteiger charge is -2.08. The average molecular weight is 253 g/mol. The van der Waals surface area contributed by atoms with E-state index in [4.69, 9.17) is 11.6 Å². The second kappa shape index (κ2) is 4.47. The molecule has 0 heterocycles. The van der Waals surface area contributed by atoms with E-state index in [2.05, 4.69) is 49.4 Å². The van der Waals surface area contributed by atoms with E-state index in [1.807, 2.05) is 18.2 Å². The molecule has 0 aliphatic heterocycles. The van der Waals surface area contributed by atoms with Gasteiger partial charge < -0.3 is 0 Å². The van der Waals surface area contributed by atoms with E-state index in [1.165, 1.54) is 21.9 Å². The first-order valence-electron chi connectivity index (χ1n) is 5.99. The highest BCUT2D eigenvalue weighted by molar-refractivity contribution is 6.30. The van der Waals surface area contributed by atoms with Crippen LogP contribution in [0, 0.1) is 6.92 Å². The summed E-state index contributed by atoms with van der Waals surface area (Å²) in [5, 5.41) is 3.36. The summed E-state index contributed by atoms with van der Waals surface area (Å²) in [6.07, 6.45) is 0. The summed E-state index contributed by atoms with van der Waals surface area (Å²) in [7, 11) is 0. The van der Waals surface area contributed by atoms with Crippen molar-refractivity contribution in [1.29, 1.82) is 0 Å². The minimum absolute atomic E-state index is 0.776. The molecule has 0 saturated carbocycles. The average Bonchev–Trinajstić information content (AvgIpc) is 2.39. The monoisotopic (exact) mass is 252 g/mol. The third-order valence-electron chi connectivity index (χ3n) is 3.23. The predicted molar refractivity (Wildman–Crippen MR) is 79.1 cm³/mol. The SMILES string of the molecule is Cc1cc(-c2cccc(Cl)c2)cc2ccccc12. The standard InChI is InChI=1S/C17H13Cl/c1-12-9-15(13-6-4-7-16(18)11-13)10-14-5-2-3-8-17(12)14/h2-11H,1H3. The molecular weight excluding hydrogens is 240 g/mol. The van der Waals surface area contributed by atoms with Crippen molar-refractivity contribution >= 4 is 22.4 Å². The van der Waals surface area contributed by atoms with E-state index in [0.29, 0.717) is 0 Å². The topological polar surface area (TPSA) is 0 Å². The highest BCUT2D eigenvalue weighted by atomic mass is 35.5. The van der Waals surface area contributed by atoms with Crippen LogP contribution < -0.4 is 0 Å². The summed E-state index contributed by atoms with van der Waals surface area (Å²) in [6, 6.07) is 20.9. The first kappa shape index (κ1) is 11.3. The lowest BCUT2D eigenvalue weighted by Crippen LogP contribution is -1.83. The van der Waals surface area contributed by atoms with Crippen LogP contribution in [0.3, 0.4) is 0 Å². The highest BCUT2D eigenvalue weighted by Crippen LogP contribution is 2.28. The fourth-order valence-electron chi connectivity index (χ4n) is 2.34. The van der Waals surface area contributed by atoms with Crippen molar-refractivity contribution in [3.05, 3.63) is 71.2 Å². The van der Waals surface area contributed by atoms with Gasteiger partial charge in [-0.25, -0.2) is 0 Å². The van der Waals surface area contributed by atoms with Gasteiger partial charge in [-0.15, -0.1) is 0 Å². The maximum absolute atomic E-state index is 6.05. The van der Waals surface area contributed by atoms with Gasteiger partial charge in [0.05, 0.1) is 0 Å². The van der Waals surface area contributed by atoms with Gasteiger partial charge >= 0.3 is 0 Å². The van der Waals surface area contributed by atoms with Crippen molar-refractivity contribution in [3.63, 3.8) is 0 Å². The number of hydrogen-bond acceptors (Lipinski definition) is 0. The Morgan fingerprint density at radius 2 is 1.61 bits per heavy atom. The van der Waals surface area contributed by atoms with Gasteiger partial charge in [0, 0.05) is 5.02 Å². The van der Waals surface area contributed by atoms with Crippen molar-refractivity contribution in [3.8, 4) is 11.1 Å². The van der Waals surface area contributed by atoms with E-state index >= 15 is 0 Å². The molecule has 0 atom stereocenters. The molecule has 0 aliphatic rings. The molecule has 0 bridgehead atoms. The first-order valence-corrected chi connectivity index (χ1v) is 6.37. The molecule has 0 spiro atoms. The van der Waals surface area contributed by atoms with Crippen LogP contribution in [0.4, 0.5) is 0 Å². The summed E-state index contributed by atoms with van der Waals surface area (Å²) >= 11 is 6.05. The number of benzene rings is 3. The van der Waals surface area contributed by atoms with Crippen LogP contribution in [-0.4, -0.2) is 0 Å². The Morgan fingerprint density at radius 3 is 2.44 bits per heavy atom. The summed E-state index contributed by atoms with van der Waals surface area (Å²) in [5.74, 6) is 0. The summed E-state index contributed by atoms with van der Waals surface area (Å²) in [4.78, 5) is 0. The molecule has 0 saturated heterocycles. The molecule has 0 amide bonds. The van der Waals surface area contributed by atoms with Crippen molar-refractivity contribution in [2.45, 2.75) is 6.92 Å². The Bertz CT molecular complexity index is 714. The maximum atomic E-state index is 6.05. The summed E-state index contributed by atoms with van der Waals surface area (Å²) < 4.78 is 0. The van der Waals surface area contributed by atoms with E-state index in [1.54, 1.807) is 0 Å². The third-order valence-corrected chi connectivity index (χ3v) is 3.46. The minimum atomic E-state index is 0.776. The van der Waals surface area contributed by atoms with Crippen molar-refractivity contribution in [1.82, 2.24) is 0 Å². The molecule has 0 fully saturated rings. The second-order valence-electron chi connectivity index (χ2n) is 4.52. The van der Waals surface area contributed by atoms with Crippen LogP contribution in [0.15, 0.2) is 60.7 Å². The molecule has 1 heteroatoms. The van der Waals surface area contributed by atoms with Crippen LogP contribution >= 0.6 is 11.6 Å². The fraction of sp³-hybridized carbons (Fsp3) is 0.0588. The van der Waals surface area contributed by atoms with E-state index in [9.17, 15) is 0 Å². The molecular formula is C17H13Cl. The minimum Gasteiger partial charge on any atom is -0.0843 e. The normalized spacial score (nSPS) is 10.8. The van der Waals surface area contributed by atoms with Crippen molar-refractivity contribution in [2.75, 3.05) is 0 Å². The lowest BCUT2D eigenvalue weighted by molar-refractivity contribution is 1.52. The van der Waals surface area contributed by atoms with Gasteiger partial charge in [-0.3, -0.25) is 0 Å². The molecule has 3 rings (SSSR count). The number of hydrogen-bond donors (Lipinski definition) is 0. The van der Waals surface area contributed by atoms with Gasteiger partial charge in [-0.05, 0) is 52.6 Å². The van der Waals surface area contributed by atoms with Gasteiger partial charge in [-0.1, -0.05) is 54.1 Å². The lowest BCUT2D eigenvalue weighted by atomic mass is 9.98. The largest absolute Gasteiger partial charge is 0.0843 e. The quantitative estimate of drug-likeness (QED) is 0.539. The molecule has 88 valence electrons. The molecule has 3 aromatic carbocycles. The Balaban J connectivity index is 2.24. The fourth-order valence-corrected chi connectivity index (χ4v) is 2.53. The van der Waals surface area contributed by atoms with E-state index < -0.39 is 0 Å². The van der Waals surface area contributed by atoms with Crippen LogP contribution in [-0.2, 0) is 0 Å². The third kappa shape index (κ3) is 2.00. The summed E-state index contributed by atoms with van der Waals surface area (Å²) in [6.45, 7) is 2.15. The smallest absolute Gasteiger partial charge is 0.0412 e. The molecule has 0 nitrogen and oxygen atoms in total. The maximum Gasteiger partial charge on any atom is 0.0412 e. The zero-order valence-corrected chi connectivity index (χ0v) is 10.9. The summed E-state index contributed by atoms with van der Waals surface area (Å²) in [5.41, 5.74) is 3.67. The van der Waals surface area contributed by atoms with Crippen LogP contribution in [0.2, 0.25) is 5.02 Å². The van der Waals surface area contributed by atoms with Gasteiger partial charge in [0.15, 0.2) is 0 Å². The Morgan fingerprint density at radius 1 is 0.778 bits per heavy atom. The molecule has 0 N–H and O–H groups in total. The Hall–Kier alpha value is -1.79. The molecule has 18 heavy (non-hydrogen) atoms. The number of fused-ring (bicyclic) bond motifs is 1. The van der Waals surface area contributed by atoms with Gasteiger partial charge in [0.1, 0.15) is 0 Å². The highest BCUT2D eigenvalue weighted by Gasteiger charge is 2.03. The number of rotatable bonds is 1. The van der Waals surface area contributed by atoms with Crippen molar-refractivity contribution < 1.29 is 0 Å². The second-order valence-corrected chi connectivity index (χ2v) is 4.96. The molecule has 0 aromatic heterocycles. The van der Waals surface area contributed by atoms with Crippen molar-refractivity contribution in [2.24, 2.45) is 0 Å². The van der Waals surface area contributed by atoms with Gasteiger partial charge in [0.25, 0.3) is 0 Å². The number of aryl methyl sites for hydroxylation is 1. The molecule has 0 aliphatic carbocycles. The Labute approximate surface area is 112 Å². The Kier molecular flexibility index (Phi) is 2.81. The number of halogens is 1. The van der Waals surface area contributed by atoms with Crippen LogP contribution in [0.25, 0.3) is 21.9 Å². The van der Waals surface area contributed by atoms with Crippen LogP contribution in [0.1, 0.15) is 5.56 Å². The molecule has 0 unspecified atom stereocenters. The zero-order valence-electron chi connectivity index (χ0n) is 10.2.